The van der Waals surface area contributed by atoms with Crippen LogP contribution in [0.5, 0.6) is 0 Å². The number of hydrogen-bond donors (Lipinski definition) is 1. The second-order valence-corrected chi connectivity index (χ2v) is 8.63. The van der Waals surface area contributed by atoms with Gasteiger partial charge in [0.1, 0.15) is 4.75 Å². The second-order valence-electron chi connectivity index (χ2n) is 5.68. The quantitative estimate of drug-likeness (QED) is 0.791. The molecule has 0 bridgehead atoms. The van der Waals surface area contributed by atoms with E-state index in [0.29, 0.717) is 0 Å². The van der Waals surface area contributed by atoms with Crippen molar-refractivity contribution < 1.29 is 4.55 Å². The molecule has 1 aliphatic carbocycles. The average molecular weight is 259 g/mol. The molecule has 0 saturated heterocycles. The van der Waals surface area contributed by atoms with E-state index in [4.69, 9.17) is 0 Å². The smallest absolute Gasteiger partial charge is 0.136 e. The zero-order chi connectivity index (χ0) is 11.8. The summed E-state index contributed by atoms with van der Waals surface area (Å²) < 4.78 is 15.4. The molecule has 2 nitrogen and oxygen atoms in total. The molecule has 1 unspecified atom stereocenters. The first-order chi connectivity index (χ1) is 7.44. The molecule has 1 heterocycles. The van der Waals surface area contributed by atoms with Crippen LogP contribution in [-0.2, 0) is 11.4 Å². The topological polar surface area (TPSA) is 35.1 Å². The molecule has 92 valence electrons. The van der Waals surface area contributed by atoms with E-state index in [2.05, 4.69) is 10.1 Å². The van der Waals surface area contributed by atoms with Crippen molar-refractivity contribution in [3.63, 3.8) is 0 Å². The van der Waals surface area contributed by atoms with E-state index in [1.807, 2.05) is 32.5 Å². The van der Waals surface area contributed by atoms with E-state index in [1.54, 1.807) is 0 Å². The summed E-state index contributed by atoms with van der Waals surface area (Å²) in [7, 11) is 0. The summed E-state index contributed by atoms with van der Waals surface area (Å²) in [6, 6.07) is 0. The monoisotopic (exact) mass is 259 g/mol. The lowest BCUT2D eigenvalue weighted by atomic mass is 9.72. The van der Waals surface area contributed by atoms with Crippen molar-refractivity contribution in [2.24, 2.45) is 0 Å². The van der Waals surface area contributed by atoms with Crippen LogP contribution in [0.1, 0.15) is 46.5 Å². The third kappa shape index (κ3) is 2.45. The van der Waals surface area contributed by atoms with Crippen LogP contribution in [-0.4, -0.2) is 20.6 Å². The lowest BCUT2D eigenvalue weighted by molar-refractivity contribution is 0.263. The van der Waals surface area contributed by atoms with Crippen LogP contribution in [0.4, 0.5) is 0 Å². The van der Waals surface area contributed by atoms with Crippen LogP contribution >= 0.6 is 11.8 Å². The fraction of sp³-hybridized carbons (Fsp3) is 0.833. The SMILES string of the molecule is CC(C)(C)[S+]([O-])NC1(C2=CSCC2)CCC1. The Hall–Kier alpha value is 0.360. The van der Waals surface area contributed by atoms with Gasteiger partial charge in [-0.15, -0.1) is 16.5 Å². The van der Waals surface area contributed by atoms with Gasteiger partial charge in [0.25, 0.3) is 0 Å². The first-order valence-corrected chi connectivity index (χ1v) is 8.15. The van der Waals surface area contributed by atoms with Gasteiger partial charge in [0.05, 0.1) is 5.54 Å². The average Bonchev–Trinajstić information content (AvgIpc) is 2.61. The Morgan fingerprint density at radius 1 is 1.44 bits per heavy atom. The molecule has 0 aromatic carbocycles. The van der Waals surface area contributed by atoms with Gasteiger partial charge in [0.15, 0.2) is 0 Å². The predicted octanol–water partition coefficient (Wildman–Crippen LogP) is 2.98. The van der Waals surface area contributed by atoms with Gasteiger partial charge in [0, 0.05) is 17.1 Å². The summed E-state index contributed by atoms with van der Waals surface area (Å²) in [6.45, 7) is 6.08. The Morgan fingerprint density at radius 2 is 2.12 bits per heavy atom. The molecule has 1 N–H and O–H groups in total. The van der Waals surface area contributed by atoms with Crippen LogP contribution < -0.4 is 4.72 Å². The zero-order valence-corrected chi connectivity index (χ0v) is 12.0. The molecular formula is C12H21NOS2. The van der Waals surface area contributed by atoms with Gasteiger partial charge in [-0.05, 0) is 57.4 Å². The Balaban J connectivity index is 2.05. The Morgan fingerprint density at radius 3 is 2.50 bits per heavy atom. The van der Waals surface area contributed by atoms with Crippen LogP contribution in [0.3, 0.4) is 0 Å². The maximum atomic E-state index is 12.2. The maximum absolute atomic E-state index is 12.2. The van der Waals surface area contributed by atoms with Gasteiger partial charge in [-0.1, -0.05) is 0 Å². The van der Waals surface area contributed by atoms with Crippen LogP contribution in [0.15, 0.2) is 11.0 Å². The molecule has 0 aromatic heterocycles. The molecule has 2 rings (SSSR count). The minimum absolute atomic E-state index is 0.0711. The van der Waals surface area contributed by atoms with E-state index >= 15 is 0 Å². The standard InChI is InChI=1S/C12H21NOS2/c1-11(2,3)16(14)13-12(6-4-7-12)10-5-8-15-9-10/h9,13H,4-8H2,1-3H3. The molecule has 0 spiro atoms. The van der Waals surface area contributed by atoms with Crippen molar-refractivity contribution in [1.29, 1.82) is 0 Å². The number of hydrogen-bond acceptors (Lipinski definition) is 3. The Kier molecular flexibility index (Phi) is 3.65. The number of nitrogens with one attached hydrogen (secondary N) is 1. The molecule has 1 aliphatic heterocycles. The first kappa shape index (κ1) is 12.8. The van der Waals surface area contributed by atoms with Crippen LogP contribution in [0, 0.1) is 0 Å². The van der Waals surface area contributed by atoms with Crippen molar-refractivity contribution in [1.82, 2.24) is 4.72 Å². The lowest BCUT2D eigenvalue weighted by Crippen LogP contribution is -2.58. The van der Waals surface area contributed by atoms with E-state index < -0.39 is 11.4 Å². The minimum Gasteiger partial charge on any atom is -0.598 e. The molecule has 2 aliphatic rings. The predicted molar refractivity (Wildman–Crippen MR) is 72.8 cm³/mol. The van der Waals surface area contributed by atoms with Gasteiger partial charge in [-0.3, -0.25) is 0 Å². The van der Waals surface area contributed by atoms with Crippen molar-refractivity contribution >= 4 is 23.1 Å². The maximum Gasteiger partial charge on any atom is 0.136 e. The number of rotatable bonds is 3. The molecule has 0 amide bonds. The zero-order valence-electron chi connectivity index (χ0n) is 10.3. The highest BCUT2D eigenvalue weighted by molar-refractivity contribution is 8.02. The van der Waals surface area contributed by atoms with Crippen LogP contribution in [0.2, 0.25) is 0 Å². The molecule has 16 heavy (non-hydrogen) atoms. The fourth-order valence-electron chi connectivity index (χ4n) is 2.09. The highest BCUT2D eigenvalue weighted by Crippen LogP contribution is 2.44. The van der Waals surface area contributed by atoms with Gasteiger partial charge in [-0.2, -0.15) is 0 Å². The highest BCUT2D eigenvalue weighted by Gasteiger charge is 2.46. The minimum atomic E-state index is -0.951. The van der Waals surface area contributed by atoms with E-state index in [-0.39, 0.29) is 10.3 Å². The Bertz CT molecular complexity index is 292. The van der Waals surface area contributed by atoms with Gasteiger partial charge < -0.3 is 4.55 Å². The summed E-state index contributed by atoms with van der Waals surface area (Å²) in [6.07, 6.45) is 4.73. The van der Waals surface area contributed by atoms with Crippen molar-refractivity contribution in [3.8, 4) is 0 Å². The molecule has 0 radical (unpaired) electrons. The van der Waals surface area contributed by atoms with Gasteiger partial charge in [-0.25, -0.2) is 0 Å². The summed E-state index contributed by atoms with van der Waals surface area (Å²) >= 11 is 0.940. The van der Waals surface area contributed by atoms with Gasteiger partial charge in [0.2, 0.25) is 0 Å². The third-order valence-corrected chi connectivity index (χ3v) is 5.96. The van der Waals surface area contributed by atoms with E-state index in [1.165, 1.54) is 24.2 Å². The lowest BCUT2D eigenvalue weighted by Gasteiger charge is -2.44. The van der Waals surface area contributed by atoms with Crippen molar-refractivity contribution in [3.05, 3.63) is 11.0 Å². The summed E-state index contributed by atoms with van der Waals surface area (Å²) in [5.41, 5.74) is 1.56. The fourth-order valence-corrected chi connectivity index (χ4v) is 4.09. The summed E-state index contributed by atoms with van der Waals surface area (Å²) in [5.74, 6) is 1.20. The van der Waals surface area contributed by atoms with E-state index in [9.17, 15) is 4.55 Å². The third-order valence-electron chi connectivity index (χ3n) is 3.38. The molecular weight excluding hydrogens is 238 g/mol. The highest BCUT2D eigenvalue weighted by atomic mass is 32.2. The largest absolute Gasteiger partial charge is 0.598 e. The van der Waals surface area contributed by atoms with Gasteiger partial charge >= 0.3 is 0 Å². The molecule has 1 saturated carbocycles. The summed E-state index contributed by atoms with van der Waals surface area (Å²) in [5, 5.41) is 2.28. The van der Waals surface area contributed by atoms with Crippen LogP contribution in [0.25, 0.3) is 0 Å². The van der Waals surface area contributed by atoms with E-state index in [0.717, 1.165) is 12.8 Å². The first-order valence-electron chi connectivity index (χ1n) is 5.95. The molecule has 0 aromatic rings. The second kappa shape index (κ2) is 4.56. The molecule has 1 fully saturated rings. The van der Waals surface area contributed by atoms with Crippen molar-refractivity contribution in [2.45, 2.75) is 56.7 Å². The normalized spacial score (nSPS) is 26.1. The molecule has 1 atom stereocenters. The van der Waals surface area contributed by atoms with Crippen molar-refractivity contribution in [2.75, 3.05) is 5.75 Å². The Labute approximate surface area is 106 Å². The molecule has 4 heteroatoms. The number of thioether (sulfide) groups is 1. The summed E-state index contributed by atoms with van der Waals surface area (Å²) in [4.78, 5) is 0.